The first-order valence-electron chi connectivity index (χ1n) is 7.55. The number of carbonyl (C=O) groups excluding carboxylic acids is 1. The summed E-state index contributed by atoms with van der Waals surface area (Å²) in [5, 5.41) is 2.94. The number of nitrogens with one attached hydrogen (secondary N) is 2. The Morgan fingerprint density at radius 2 is 2.09 bits per heavy atom. The third-order valence-corrected chi connectivity index (χ3v) is 3.86. The van der Waals surface area contributed by atoms with Crippen LogP contribution in [0, 0.1) is 20.8 Å². The van der Waals surface area contributed by atoms with Gasteiger partial charge in [-0.1, -0.05) is 0 Å². The van der Waals surface area contributed by atoms with Gasteiger partial charge in [-0.3, -0.25) is 4.79 Å². The molecule has 0 saturated carbocycles. The summed E-state index contributed by atoms with van der Waals surface area (Å²) in [7, 11) is 1.90. The van der Waals surface area contributed by atoms with Crippen molar-refractivity contribution in [2.24, 2.45) is 7.05 Å². The van der Waals surface area contributed by atoms with Gasteiger partial charge in [-0.2, -0.15) is 0 Å². The number of aromatic amines is 1. The maximum absolute atomic E-state index is 12.5. The van der Waals surface area contributed by atoms with Gasteiger partial charge in [0.15, 0.2) is 5.65 Å². The van der Waals surface area contributed by atoms with Gasteiger partial charge in [0, 0.05) is 37.6 Å². The van der Waals surface area contributed by atoms with Crippen molar-refractivity contribution in [3.05, 3.63) is 40.9 Å². The molecule has 0 fully saturated rings. The van der Waals surface area contributed by atoms with Crippen molar-refractivity contribution < 1.29 is 4.79 Å². The maximum Gasteiger partial charge on any atom is 0.253 e. The molecule has 2 N–H and O–H groups in total. The van der Waals surface area contributed by atoms with Crippen LogP contribution in [0.1, 0.15) is 33.4 Å². The molecular formula is C16H20N6O. The normalized spacial score (nSPS) is 11.1. The summed E-state index contributed by atoms with van der Waals surface area (Å²) in [5.41, 5.74) is 3.75. The summed E-state index contributed by atoms with van der Waals surface area (Å²) >= 11 is 0. The molecule has 7 heteroatoms. The van der Waals surface area contributed by atoms with Crippen molar-refractivity contribution in [3.8, 4) is 0 Å². The van der Waals surface area contributed by atoms with E-state index in [1.165, 1.54) is 0 Å². The molecular weight excluding hydrogens is 292 g/mol. The fourth-order valence-electron chi connectivity index (χ4n) is 2.56. The summed E-state index contributed by atoms with van der Waals surface area (Å²) in [6, 6.07) is 1.78. The highest BCUT2D eigenvalue weighted by Crippen LogP contribution is 2.18. The standard InChI is InChI=1S/C16H20N6O/c1-9-7-13(14-15(19-9)22(4)11(3)21-14)16(23)17-6-5-12-8-18-10(2)20-12/h7-8H,5-6H2,1-4H3,(H,17,23)(H,18,20). The molecule has 0 spiro atoms. The van der Waals surface area contributed by atoms with Crippen LogP contribution < -0.4 is 5.32 Å². The summed E-state index contributed by atoms with van der Waals surface area (Å²) < 4.78 is 1.90. The molecule has 0 atom stereocenters. The molecule has 120 valence electrons. The zero-order chi connectivity index (χ0) is 16.6. The highest BCUT2D eigenvalue weighted by atomic mass is 16.1. The third kappa shape index (κ3) is 2.94. The first-order chi connectivity index (χ1) is 11.0. The predicted molar refractivity (Wildman–Crippen MR) is 87.3 cm³/mol. The lowest BCUT2D eigenvalue weighted by molar-refractivity contribution is 0.0955. The highest BCUT2D eigenvalue weighted by molar-refractivity contribution is 6.04. The Kier molecular flexibility index (Phi) is 3.85. The van der Waals surface area contributed by atoms with Crippen molar-refractivity contribution in [2.75, 3.05) is 6.54 Å². The van der Waals surface area contributed by atoms with Crippen LogP contribution in [0.4, 0.5) is 0 Å². The van der Waals surface area contributed by atoms with Crippen molar-refractivity contribution in [2.45, 2.75) is 27.2 Å². The second-order valence-electron chi connectivity index (χ2n) is 5.70. The Morgan fingerprint density at radius 1 is 1.30 bits per heavy atom. The minimum atomic E-state index is -0.130. The summed E-state index contributed by atoms with van der Waals surface area (Å²) in [4.78, 5) is 28.8. The van der Waals surface area contributed by atoms with Gasteiger partial charge in [-0.05, 0) is 26.8 Å². The Bertz CT molecular complexity index is 876. The Labute approximate surface area is 134 Å². The number of hydrogen-bond acceptors (Lipinski definition) is 4. The smallest absolute Gasteiger partial charge is 0.253 e. The van der Waals surface area contributed by atoms with Crippen LogP contribution in [0.25, 0.3) is 11.2 Å². The summed E-state index contributed by atoms with van der Waals surface area (Å²) in [5.74, 6) is 1.58. The fourth-order valence-corrected chi connectivity index (χ4v) is 2.56. The van der Waals surface area contributed by atoms with E-state index < -0.39 is 0 Å². The molecule has 3 heterocycles. The molecule has 0 aliphatic rings. The van der Waals surface area contributed by atoms with Crippen LogP contribution in [0.15, 0.2) is 12.3 Å². The molecule has 0 saturated heterocycles. The van der Waals surface area contributed by atoms with E-state index in [1.807, 2.05) is 32.4 Å². The summed E-state index contributed by atoms with van der Waals surface area (Å²) in [6.07, 6.45) is 2.50. The number of hydrogen-bond donors (Lipinski definition) is 2. The number of amides is 1. The van der Waals surface area contributed by atoms with E-state index in [0.29, 0.717) is 24.0 Å². The largest absolute Gasteiger partial charge is 0.352 e. The van der Waals surface area contributed by atoms with Gasteiger partial charge >= 0.3 is 0 Å². The Balaban J connectivity index is 1.79. The number of fused-ring (bicyclic) bond motifs is 1. The van der Waals surface area contributed by atoms with Crippen molar-refractivity contribution >= 4 is 17.1 Å². The average Bonchev–Trinajstić information content (AvgIpc) is 3.04. The fraction of sp³-hybridized carbons (Fsp3) is 0.375. The molecule has 0 bridgehead atoms. The van der Waals surface area contributed by atoms with Crippen molar-refractivity contribution in [1.29, 1.82) is 0 Å². The average molecular weight is 312 g/mol. The molecule has 0 unspecified atom stereocenters. The number of rotatable bonds is 4. The van der Waals surface area contributed by atoms with Crippen LogP contribution in [0.5, 0.6) is 0 Å². The molecule has 0 aliphatic heterocycles. The van der Waals surface area contributed by atoms with Crippen LogP contribution in [-0.2, 0) is 13.5 Å². The molecule has 0 aliphatic carbocycles. The van der Waals surface area contributed by atoms with E-state index in [0.717, 1.165) is 28.7 Å². The maximum atomic E-state index is 12.5. The van der Waals surface area contributed by atoms with E-state index in [2.05, 4.69) is 25.3 Å². The number of aryl methyl sites for hydroxylation is 4. The first-order valence-corrected chi connectivity index (χ1v) is 7.55. The van der Waals surface area contributed by atoms with Crippen molar-refractivity contribution in [3.63, 3.8) is 0 Å². The van der Waals surface area contributed by atoms with E-state index >= 15 is 0 Å². The quantitative estimate of drug-likeness (QED) is 0.765. The molecule has 0 radical (unpaired) electrons. The molecule has 3 aromatic rings. The number of imidazole rings is 2. The zero-order valence-corrected chi connectivity index (χ0v) is 13.8. The Morgan fingerprint density at radius 3 is 2.78 bits per heavy atom. The lowest BCUT2D eigenvalue weighted by atomic mass is 10.2. The minimum absolute atomic E-state index is 0.130. The van der Waals surface area contributed by atoms with Crippen LogP contribution >= 0.6 is 0 Å². The van der Waals surface area contributed by atoms with Gasteiger partial charge in [-0.25, -0.2) is 15.0 Å². The highest BCUT2D eigenvalue weighted by Gasteiger charge is 2.16. The second-order valence-corrected chi connectivity index (χ2v) is 5.70. The molecule has 1 amide bonds. The van der Waals surface area contributed by atoms with Gasteiger partial charge in [0.2, 0.25) is 0 Å². The van der Waals surface area contributed by atoms with Crippen LogP contribution in [-0.4, -0.2) is 37.0 Å². The van der Waals surface area contributed by atoms with E-state index in [4.69, 9.17) is 0 Å². The van der Waals surface area contributed by atoms with E-state index in [9.17, 15) is 4.79 Å². The second kappa shape index (κ2) is 5.83. The van der Waals surface area contributed by atoms with E-state index in [1.54, 1.807) is 12.3 Å². The number of nitrogens with zero attached hydrogens (tertiary/aromatic N) is 4. The lowest BCUT2D eigenvalue weighted by Crippen LogP contribution is -2.26. The van der Waals surface area contributed by atoms with Gasteiger partial charge < -0.3 is 14.9 Å². The first kappa shape index (κ1) is 15.2. The van der Waals surface area contributed by atoms with Crippen LogP contribution in [0.3, 0.4) is 0 Å². The molecule has 3 rings (SSSR count). The predicted octanol–water partition coefficient (Wildman–Crippen LogP) is 1.59. The van der Waals surface area contributed by atoms with Gasteiger partial charge in [-0.15, -0.1) is 0 Å². The van der Waals surface area contributed by atoms with E-state index in [-0.39, 0.29) is 5.91 Å². The molecule has 7 nitrogen and oxygen atoms in total. The molecule has 0 aromatic carbocycles. The minimum Gasteiger partial charge on any atom is -0.352 e. The molecule has 23 heavy (non-hydrogen) atoms. The van der Waals surface area contributed by atoms with Crippen LogP contribution in [0.2, 0.25) is 0 Å². The van der Waals surface area contributed by atoms with Gasteiger partial charge in [0.25, 0.3) is 5.91 Å². The monoisotopic (exact) mass is 312 g/mol. The zero-order valence-electron chi connectivity index (χ0n) is 13.8. The molecule has 3 aromatic heterocycles. The number of H-pyrrole nitrogens is 1. The lowest BCUT2D eigenvalue weighted by Gasteiger charge is -2.06. The van der Waals surface area contributed by atoms with Gasteiger partial charge in [0.1, 0.15) is 17.2 Å². The Hall–Kier alpha value is -2.70. The topological polar surface area (TPSA) is 88.5 Å². The third-order valence-electron chi connectivity index (χ3n) is 3.86. The van der Waals surface area contributed by atoms with Gasteiger partial charge in [0.05, 0.1) is 5.56 Å². The number of aromatic nitrogens is 5. The van der Waals surface area contributed by atoms with Crippen molar-refractivity contribution in [1.82, 2.24) is 29.8 Å². The number of carbonyl (C=O) groups is 1. The summed E-state index contributed by atoms with van der Waals surface area (Å²) in [6.45, 7) is 6.22. The number of pyridine rings is 1. The SMILES string of the molecule is Cc1cc(C(=O)NCCc2cnc(C)[nH]2)c2nc(C)n(C)c2n1.